The van der Waals surface area contributed by atoms with E-state index in [0.29, 0.717) is 0 Å². The number of nitrogens with one attached hydrogen (secondary N) is 1. The number of hydrogen-bond donors (Lipinski definition) is 1. The highest BCUT2D eigenvalue weighted by Gasteiger charge is 2.15. The zero-order valence-electron chi connectivity index (χ0n) is 10.2. The molecule has 0 saturated carbocycles. The van der Waals surface area contributed by atoms with Crippen LogP contribution >= 0.6 is 11.6 Å². The van der Waals surface area contributed by atoms with Gasteiger partial charge in [0.15, 0.2) is 5.82 Å². The van der Waals surface area contributed by atoms with Crippen LogP contribution in [0.2, 0.25) is 5.02 Å². The van der Waals surface area contributed by atoms with Crippen LogP contribution in [0.1, 0.15) is 17.0 Å². The topological polar surface area (TPSA) is 37.8 Å². The highest BCUT2D eigenvalue weighted by molar-refractivity contribution is 6.30. The first-order valence-corrected chi connectivity index (χ1v) is 6.45. The van der Waals surface area contributed by atoms with Crippen LogP contribution in [0.4, 0.5) is 0 Å². The Labute approximate surface area is 111 Å². The lowest BCUT2D eigenvalue weighted by molar-refractivity contribution is 0.622. The number of halogens is 1. The molecule has 0 fully saturated rings. The summed E-state index contributed by atoms with van der Waals surface area (Å²) in [7, 11) is 0. The molecule has 2 aromatic rings. The molecule has 3 nitrogen and oxygen atoms in total. The molecular weight excluding hydrogens is 246 g/mol. The van der Waals surface area contributed by atoms with Crippen molar-refractivity contribution in [1.82, 2.24) is 15.3 Å². The average molecular weight is 260 g/mol. The highest BCUT2D eigenvalue weighted by atomic mass is 35.5. The minimum atomic E-state index is 0.734. The summed E-state index contributed by atoms with van der Waals surface area (Å²) in [6.07, 6.45) is 0.972. The lowest BCUT2D eigenvalue weighted by atomic mass is 10.1. The van der Waals surface area contributed by atoms with Gasteiger partial charge in [0.05, 0.1) is 5.69 Å². The molecule has 0 unspecified atom stereocenters. The van der Waals surface area contributed by atoms with Crippen LogP contribution in [0.25, 0.3) is 11.4 Å². The third-order valence-electron chi connectivity index (χ3n) is 3.24. The van der Waals surface area contributed by atoms with Crippen LogP contribution in [0.5, 0.6) is 0 Å². The number of aromatic nitrogens is 2. The van der Waals surface area contributed by atoms with Crippen LogP contribution in [-0.2, 0) is 13.0 Å². The molecule has 0 saturated heterocycles. The minimum absolute atomic E-state index is 0.734. The number of hydrogen-bond acceptors (Lipinski definition) is 3. The van der Waals surface area contributed by atoms with Gasteiger partial charge in [-0.3, -0.25) is 0 Å². The Kier molecular flexibility index (Phi) is 3.02. The quantitative estimate of drug-likeness (QED) is 0.856. The van der Waals surface area contributed by atoms with Crippen LogP contribution in [0, 0.1) is 6.92 Å². The van der Waals surface area contributed by atoms with Crippen LogP contribution in [-0.4, -0.2) is 16.5 Å². The summed E-state index contributed by atoms with van der Waals surface area (Å²) in [5.41, 5.74) is 4.51. The number of rotatable bonds is 1. The Morgan fingerprint density at radius 1 is 1.17 bits per heavy atom. The molecule has 0 bridgehead atoms. The fraction of sp³-hybridized carbons (Fsp3) is 0.286. The van der Waals surface area contributed by atoms with E-state index in [9.17, 15) is 0 Å². The van der Waals surface area contributed by atoms with Gasteiger partial charge in [-0.25, -0.2) is 9.97 Å². The summed E-state index contributed by atoms with van der Waals surface area (Å²) in [5, 5.41) is 4.08. The lowest BCUT2D eigenvalue weighted by Gasteiger charge is -2.18. The summed E-state index contributed by atoms with van der Waals surface area (Å²) >= 11 is 5.90. The first kappa shape index (κ1) is 11.6. The van der Waals surface area contributed by atoms with Crippen molar-refractivity contribution in [2.75, 3.05) is 6.54 Å². The van der Waals surface area contributed by atoms with Gasteiger partial charge in [0, 0.05) is 41.4 Å². The standard InChI is InChI=1S/C14H14ClN3/c1-9-12-8-16-7-6-13(12)18-14(17-9)10-2-4-11(15)5-3-10/h2-5,16H,6-8H2,1H3. The van der Waals surface area contributed by atoms with Gasteiger partial charge in [-0.05, 0) is 31.2 Å². The minimum Gasteiger partial charge on any atom is -0.312 e. The van der Waals surface area contributed by atoms with Gasteiger partial charge < -0.3 is 5.32 Å². The van der Waals surface area contributed by atoms with E-state index in [-0.39, 0.29) is 0 Å². The molecule has 1 aromatic carbocycles. The van der Waals surface area contributed by atoms with Crippen LogP contribution < -0.4 is 5.32 Å². The summed E-state index contributed by atoms with van der Waals surface area (Å²) in [6, 6.07) is 7.67. The van der Waals surface area contributed by atoms with Gasteiger partial charge >= 0.3 is 0 Å². The maximum atomic E-state index is 5.90. The Bertz CT molecular complexity index is 578. The Balaban J connectivity index is 2.08. The Morgan fingerprint density at radius 3 is 2.72 bits per heavy atom. The van der Waals surface area contributed by atoms with E-state index in [1.807, 2.05) is 31.2 Å². The second kappa shape index (κ2) is 4.67. The molecule has 2 heterocycles. The van der Waals surface area contributed by atoms with Crippen molar-refractivity contribution in [3.63, 3.8) is 0 Å². The van der Waals surface area contributed by atoms with Gasteiger partial charge in [-0.2, -0.15) is 0 Å². The van der Waals surface area contributed by atoms with E-state index in [2.05, 4.69) is 15.3 Å². The Morgan fingerprint density at radius 2 is 1.94 bits per heavy atom. The van der Waals surface area contributed by atoms with Crippen LogP contribution in [0.3, 0.4) is 0 Å². The van der Waals surface area contributed by atoms with E-state index in [1.165, 1.54) is 11.3 Å². The number of nitrogens with zero attached hydrogens (tertiary/aromatic N) is 2. The summed E-state index contributed by atoms with van der Waals surface area (Å²) in [6.45, 7) is 3.92. The molecule has 1 aliphatic rings. The van der Waals surface area contributed by atoms with Crippen molar-refractivity contribution in [1.29, 1.82) is 0 Å². The smallest absolute Gasteiger partial charge is 0.159 e. The largest absolute Gasteiger partial charge is 0.312 e. The third kappa shape index (κ3) is 2.11. The molecule has 92 valence electrons. The van der Waals surface area contributed by atoms with Gasteiger partial charge in [0.25, 0.3) is 0 Å². The van der Waals surface area contributed by atoms with Gasteiger partial charge in [-0.15, -0.1) is 0 Å². The van der Waals surface area contributed by atoms with Crippen molar-refractivity contribution in [2.45, 2.75) is 19.9 Å². The van der Waals surface area contributed by atoms with Crippen molar-refractivity contribution >= 4 is 11.6 Å². The normalized spacial score (nSPS) is 14.3. The molecule has 1 aliphatic heterocycles. The van der Waals surface area contributed by atoms with E-state index in [1.54, 1.807) is 0 Å². The third-order valence-corrected chi connectivity index (χ3v) is 3.49. The fourth-order valence-electron chi connectivity index (χ4n) is 2.24. The maximum Gasteiger partial charge on any atom is 0.159 e. The SMILES string of the molecule is Cc1nc(-c2ccc(Cl)cc2)nc2c1CNCC2. The molecule has 3 rings (SSSR count). The van der Waals surface area contributed by atoms with Gasteiger partial charge in [0.2, 0.25) is 0 Å². The maximum absolute atomic E-state index is 5.90. The summed E-state index contributed by atoms with van der Waals surface area (Å²) < 4.78 is 0. The second-order valence-electron chi connectivity index (χ2n) is 4.49. The lowest BCUT2D eigenvalue weighted by Crippen LogP contribution is -2.26. The molecule has 0 amide bonds. The second-order valence-corrected chi connectivity index (χ2v) is 4.93. The highest BCUT2D eigenvalue weighted by Crippen LogP contribution is 2.22. The van der Waals surface area contributed by atoms with Crippen molar-refractivity contribution in [3.8, 4) is 11.4 Å². The van der Waals surface area contributed by atoms with Gasteiger partial charge in [0.1, 0.15) is 0 Å². The molecule has 1 aromatic heterocycles. The monoisotopic (exact) mass is 259 g/mol. The Hall–Kier alpha value is -1.45. The summed E-state index contributed by atoms with van der Waals surface area (Å²) in [5.74, 6) is 0.796. The van der Waals surface area contributed by atoms with E-state index >= 15 is 0 Å². The van der Waals surface area contributed by atoms with Gasteiger partial charge in [-0.1, -0.05) is 11.6 Å². The molecule has 0 spiro atoms. The molecule has 4 heteroatoms. The van der Waals surface area contributed by atoms with Crippen molar-refractivity contribution in [3.05, 3.63) is 46.2 Å². The predicted octanol–water partition coefficient (Wildman–Crippen LogP) is 2.75. The zero-order chi connectivity index (χ0) is 12.5. The molecule has 0 aliphatic carbocycles. The molecule has 1 N–H and O–H groups in total. The first-order chi connectivity index (χ1) is 8.74. The summed E-state index contributed by atoms with van der Waals surface area (Å²) in [4.78, 5) is 9.27. The molecule has 0 radical (unpaired) electrons. The van der Waals surface area contributed by atoms with Crippen LogP contribution in [0.15, 0.2) is 24.3 Å². The zero-order valence-corrected chi connectivity index (χ0v) is 11.0. The number of fused-ring (bicyclic) bond motifs is 1. The predicted molar refractivity (Wildman–Crippen MR) is 72.6 cm³/mol. The van der Waals surface area contributed by atoms with E-state index in [0.717, 1.165) is 41.6 Å². The van der Waals surface area contributed by atoms with Crippen molar-refractivity contribution in [2.24, 2.45) is 0 Å². The van der Waals surface area contributed by atoms with Crippen molar-refractivity contribution < 1.29 is 0 Å². The molecule has 0 atom stereocenters. The van der Waals surface area contributed by atoms with E-state index < -0.39 is 0 Å². The molecule has 18 heavy (non-hydrogen) atoms. The number of benzene rings is 1. The number of aryl methyl sites for hydroxylation is 1. The average Bonchev–Trinajstić information content (AvgIpc) is 2.39. The molecular formula is C14H14ClN3. The first-order valence-electron chi connectivity index (χ1n) is 6.07. The van der Waals surface area contributed by atoms with E-state index in [4.69, 9.17) is 11.6 Å². The fourth-order valence-corrected chi connectivity index (χ4v) is 2.37.